The van der Waals surface area contributed by atoms with Crippen molar-refractivity contribution in [2.45, 2.75) is 39.0 Å². The van der Waals surface area contributed by atoms with Gasteiger partial charge in [-0.2, -0.15) is 0 Å². The topological polar surface area (TPSA) is 37.4 Å². The van der Waals surface area contributed by atoms with E-state index in [1.165, 1.54) is 4.88 Å². The van der Waals surface area contributed by atoms with Crippen LogP contribution in [0.25, 0.3) is 0 Å². The molecule has 0 saturated carbocycles. The summed E-state index contributed by atoms with van der Waals surface area (Å²) in [6.45, 7) is 3.07. The smallest absolute Gasteiger partial charge is 0.222 e. The number of hydrogen-bond acceptors (Lipinski definition) is 3. The molecular formula is C14H19NO2S. The Kier molecular flexibility index (Phi) is 4.53. The molecule has 0 atom stereocenters. The van der Waals surface area contributed by atoms with Crippen LogP contribution in [0.1, 0.15) is 47.2 Å². The average molecular weight is 265 g/mol. The number of carbonyl (C=O) groups excluding carboxylic acids is 2. The summed E-state index contributed by atoms with van der Waals surface area (Å²) in [5.41, 5.74) is 0. The molecule has 3 nitrogen and oxygen atoms in total. The van der Waals surface area contributed by atoms with Crippen LogP contribution in [0.3, 0.4) is 0 Å². The second-order valence-corrected chi connectivity index (χ2v) is 5.84. The maximum absolute atomic E-state index is 12.1. The molecule has 0 aliphatic carbocycles. The summed E-state index contributed by atoms with van der Waals surface area (Å²) in [6, 6.07) is 3.89. The Hall–Kier alpha value is -1.16. The Labute approximate surface area is 112 Å². The minimum Gasteiger partial charge on any atom is -0.335 e. The first-order chi connectivity index (χ1) is 8.70. The fraction of sp³-hybridized carbons (Fsp3) is 0.571. The van der Waals surface area contributed by atoms with Gasteiger partial charge in [-0.05, 0) is 31.4 Å². The van der Waals surface area contributed by atoms with E-state index in [0.29, 0.717) is 6.42 Å². The maximum Gasteiger partial charge on any atom is 0.222 e. The van der Waals surface area contributed by atoms with Crippen LogP contribution in [0, 0.1) is 0 Å². The lowest BCUT2D eigenvalue weighted by Crippen LogP contribution is -2.34. The molecule has 1 aromatic rings. The number of aryl methyl sites for hydroxylation is 1. The molecule has 18 heavy (non-hydrogen) atoms. The third kappa shape index (κ3) is 3.19. The van der Waals surface area contributed by atoms with E-state index in [2.05, 4.69) is 6.92 Å². The zero-order valence-corrected chi connectivity index (χ0v) is 11.6. The van der Waals surface area contributed by atoms with Gasteiger partial charge in [0.25, 0.3) is 0 Å². The number of amides is 1. The van der Waals surface area contributed by atoms with Crippen LogP contribution in [0.15, 0.2) is 12.1 Å². The largest absolute Gasteiger partial charge is 0.335 e. The first-order valence-corrected chi connectivity index (χ1v) is 7.42. The SMILES string of the molecule is CCc1ccc(C(=O)CN2CCCCCC2=O)s1. The molecule has 0 N–H and O–H groups in total. The first-order valence-electron chi connectivity index (χ1n) is 6.60. The van der Waals surface area contributed by atoms with Crippen molar-refractivity contribution in [3.05, 3.63) is 21.9 Å². The van der Waals surface area contributed by atoms with Crippen molar-refractivity contribution in [1.29, 1.82) is 0 Å². The second kappa shape index (κ2) is 6.14. The van der Waals surface area contributed by atoms with Gasteiger partial charge in [0.15, 0.2) is 5.78 Å². The van der Waals surface area contributed by atoms with Crippen molar-refractivity contribution >= 4 is 23.0 Å². The molecule has 0 aromatic carbocycles. The van der Waals surface area contributed by atoms with E-state index >= 15 is 0 Å². The summed E-state index contributed by atoms with van der Waals surface area (Å²) in [5.74, 6) is 0.211. The Morgan fingerprint density at radius 1 is 1.33 bits per heavy atom. The second-order valence-electron chi connectivity index (χ2n) is 4.67. The van der Waals surface area contributed by atoms with E-state index in [-0.39, 0.29) is 18.2 Å². The zero-order valence-electron chi connectivity index (χ0n) is 10.8. The summed E-state index contributed by atoms with van der Waals surface area (Å²) < 4.78 is 0. The Bertz CT molecular complexity index is 439. The zero-order chi connectivity index (χ0) is 13.0. The fourth-order valence-corrected chi connectivity index (χ4v) is 3.05. The Morgan fingerprint density at radius 3 is 2.89 bits per heavy atom. The van der Waals surface area contributed by atoms with Gasteiger partial charge < -0.3 is 4.90 Å². The molecule has 2 rings (SSSR count). The molecule has 1 aliphatic heterocycles. The van der Waals surface area contributed by atoms with Crippen molar-refractivity contribution in [2.75, 3.05) is 13.1 Å². The average Bonchev–Trinajstić information content (AvgIpc) is 2.77. The molecule has 0 bridgehead atoms. The Morgan fingerprint density at radius 2 is 2.17 bits per heavy atom. The van der Waals surface area contributed by atoms with Gasteiger partial charge in [0, 0.05) is 17.8 Å². The minimum atomic E-state index is 0.0787. The first kappa shape index (κ1) is 13.3. The monoisotopic (exact) mass is 265 g/mol. The third-order valence-corrected chi connectivity index (χ3v) is 4.56. The molecule has 0 unspecified atom stereocenters. The van der Waals surface area contributed by atoms with Gasteiger partial charge in [-0.25, -0.2) is 0 Å². The van der Waals surface area contributed by atoms with Crippen LogP contribution >= 0.6 is 11.3 Å². The highest BCUT2D eigenvalue weighted by Gasteiger charge is 2.20. The normalized spacial score (nSPS) is 16.7. The van der Waals surface area contributed by atoms with Crippen molar-refractivity contribution in [2.24, 2.45) is 0 Å². The van der Waals surface area contributed by atoms with Gasteiger partial charge in [0.2, 0.25) is 5.91 Å². The van der Waals surface area contributed by atoms with Gasteiger partial charge in [-0.15, -0.1) is 11.3 Å². The van der Waals surface area contributed by atoms with Crippen LogP contribution < -0.4 is 0 Å². The van der Waals surface area contributed by atoms with Crippen LogP contribution in [0.2, 0.25) is 0 Å². The predicted molar refractivity (Wildman–Crippen MR) is 73.1 cm³/mol. The Balaban J connectivity index is 1.99. The quantitative estimate of drug-likeness (QED) is 0.785. The predicted octanol–water partition coefficient (Wildman–Crippen LogP) is 2.90. The van der Waals surface area contributed by atoms with Gasteiger partial charge in [0.05, 0.1) is 11.4 Å². The summed E-state index contributed by atoms with van der Waals surface area (Å²) >= 11 is 1.55. The van der Waals surface area contributed by atoms with Gasteiger partial charge in [-0.1, -0.05) is 13.3 Å². The van der Waals surface area contributed by atoms with E-state index in [1.807, 2.05) is 12.1 Å². The molecule has 1 aliphatic rings. The van der Waals surface area contributed by atoms with Crippen molar-refractivity contribution in [3.63, 3.8) is 0 Å². The van der Waals surface area contributed by atoms with Crippen LogP contribution in [0.4, 0.5) is 0 Å². The minimum absolute atomic E-state index is 0.0787. The maximum atomic E-state index is 12.1. The van der Waals surface area contributed by atoms with Crippen LogP contribution in [0.5, 0.6) is 0 Å². The number of thiophene rings is 1. The lowest BCUT2D eigenvalue weighted by atomic mass is 10.2. The van der Waals surface area contributed by atoms with Crippen molar-refractivity contribution in [3.8, 4) is 0 Å². The summed E-state index contributed by atoms with van der Waals surface area (Å²) in [4.78, 5) is 27.7. The molecule has 2 heterocycles. The summed E-state index contributed by atoms with van der Waals surface area (Å²) in [7, 11) is 0. The molecular weight excluding hydrogens is 246 g/mol. The van der Waals surface area contributed by atoms with E-state index in [9.17, 15) is 9.59 Å². The number of Topliss-reactive ketones (excluding diaryl/α,β-unsaturated/α-hetero) is 1. The number of ketones is 1. The lowest BCUT2D eigenvalue weighted by Gasteiger charge is -2.18. The number of rotatable bonds is 4. The van der Waals surface area contributed by atoms with Gasteiger partial charge in [0.1, 0.15) is 0 Å². The van der Waals surface area contributed by atoms with E-state index in [1.54, 1.807) is 16.2 Å². The van der Waals surface area contributed by atoms with E-state index < -0.39 is 0 Å². The molecule has 0 spiro atoms. The summed E-state index contributed by atoms with van der Waals surface area (Å²) in [6.07, 6.45) is 4.63. The molecule has 1 amide bonds. The highest BCUT2D eigenvalue weighted by Crippen LogP contribution is 2.19. The van der Waals surface area contributed by atoms with E-state index in [4.69, 9.17) is 0 Å². The van der Waals surface area contributed by atoms with E-state index in [0.717, 1.165) is 37.1 Å². The molecule has 1 aromatic heterocycles. The van der Waals surface area contributed by atoms with Gasteiger partial charge >= 0.3 is 0 Å². The van der Waals surface area contributed by atoms with Crippen LogP contribution in [-0.2, 0) is 11.2 Å². The molecule has 0 radical (unpaired) electrons. The summed E-state index contributed by atoms with van der Waals surface area (Å²) in [5, 5.41) is 0. The highest BCUT2D eigenvalue weighted by molar-refractivity contribution is 7.14. The molecule has 98 valence electrons. The van der Waals surface area contributed by atoms with Crippen molar-refractivity contribution in [1.82, 2.24) is 4.90 Å². The third-order valence-electron chi connectivity index (χ3n) is 3.29. The van der Waals surface area contributed by atoms with Crippen molar-refractivity contribution < 1.29 is 9.59 Å². The van der Waals surface area contributed by atoms with Crippen LogP contribution in [-0.4, -0.2) is 29.7 Å². The fourth-order valence-electron chi connectivity index (χ4n) is 2.17. The number of likely N-dealkylation sites (tertiary alicyclic amines) is 1. The molecule has 4 heteroatoms. The number of hydrogen-bond donors (Lipinski definition) is 0. The number of carbonyl (C=O) groups is 2. The standard InChI is InChI=1S/C14H19NO2S/c1-2-11-7-8-13(18-11)12(16)10-15-9-5-3-4-6-14(15)17/h7-8H,2-6,9-10H2,1H3. The molecule has 1 fully saturated rings. The highest BCUT2D eigenvalue weighted by atomic mass is 32.1. The lowest BCUT2D eigenvalue weighted by molar-refractivity contribution is -0.130. The van der Waals surface area contributed by atoms with Gasteiger partial charge in [-0.3, -0.25) is 9.59 Å². The number of nitrogens with zero attached hydrogens (tertiary/aromatic N) is 1. The molecule has 1 saturated heterocycles.